The summed E-state index contributed by atoms with van der Waals surface area (Å²) >= 11 is 0. The zero-order valence-corrected chi connectivity index (χ0v) is 15.3. The van der Waals surface area contributed by atoms with E-state index in [1.54, 1.807) is 18.2 Å². The number of anilines is 1. The summed E-state index contributed by atoms with van der Waals surface area (Å²) in [6, 6.07) is 11.8. The molecule has 27 heavy (non-hydrogen) atoms. The van der Waals surface area contributed by atoms with Crippen molar-refractivity contribution in [2.75, 3.05) is 31.1 Å². The number of rotatable bonds is 4. The SMILES string of the molecule is NS(=O)(=O)c1ccc(N2CCN(Cc3cccc(C(F)(F)F)c3)CC2)cc1. The number of hydrogen-bond donors (Lipinski definition) is 1. The van der Waals surface area contributed by atoms with Gasteiger partial charge in [-0.3, -0.25) is 4.90 Å². The third-order valence-electron chi connectivity index (χ3n) is 4.56. The van der Waals surface area contributed by atoms with E-state index in [-0.39, 0.29) is 4.90 Å². The summed E-state index contributed by atoms with van der Waals surface area (Å²) in [4.78, 5) is 4.27. The van der Waals surface area contributed by atoms with Gasteiger partial charge in [0, 0.05) is 38.4 Å². The summed E-state index contributed by atoms with van der Waals surface area (Å²) < 4.78 is 61.1. The van der Waals surface area contributed by atoms with Gasteiger partial charge in [0.1, 0.15) is 0 Å². The van der Waals surface area contributed by atoms with Crippen molar-refractivity contribution in [3.05, 3.63) is 59.7 Å². The Balaban J connectivity index is 1.59. The predicted octanol–water partition coefficient (Wildman–Crippen LogP) is 2.68. The molecule has 0 spiro atoms. The monoisotopic (exact) mass is 399 g/mol. The van der Waals surface area contributed by atoms with Gasteiger partial charge in [-0.05, 0) is 35.9 Å². The maximum atomic E-state index is 12.8. The molecule has 1 aliphatic rings. The lowest BCUT2D eigenvalue weighted by molar-refractivity contribution is -0.137. The molecule has 3 rings (SSSR count). The minimum atomic E-state index is -4.34. The van der Waals surface area contributed by atoms with Gasteiger partial charge in [-0.1, -0.05) is 18.2 Å². The van der Waals surface area contributed by atoms with Gasteiger partial charge >= 0.3 is 6.18 Å². The number of hydrogen-bond acceptors (Lipinski definition) is 4. The normalized spacial score (nSPS) is 16.5. The Bertz CT molecular complexity index is 891. The van der Waals surface area contributed by atoms with Gasteiger partial charge in [-0.2, -0.15) is 13.2 Å². The van der Waals surface area contributed by atoms with E-state index in [9.17, 15) is 21.6 Å². The van der Waals surface area contributed by atoms with Crippen LogP contribution in [0.3, 0.4) is 0 Å². The Morgan fingerprint density at radius 1 is 0.963 bits per heavy atom. The van der Waals surface area contributed by atoms with Crippen LogP contribution in [0, 0.1) is 0 Å². The number of benzene rings is 2. The predicted molar refractivity (Wildman–Crippen MR) is 96.7 cm³/mol. The first kappa shape index (κ1) is 19.7. The summed E-state index contributed by atoms with van der Waals surface area (Å²) in [6.07, 6.45) is -4.34. The molecule has 1 saturated heterocycles. The molecule has 0 unspecified atom stereocenters. The molecule has 146 valence electrons. The number of sulfonamides is 1. The van der Waals surface area contributed by atoms with E-state index in [0.29, 0.717) is 38.3 Å². The molecule has 2 aromatic rings. The van der Waals surface area contributed by atoms with E-state index < -0.39 is 21.8 Å². The lowest BCUT2D eigenvalue weighted by atomic mass is 10.1. The van der Waals surface area contributed by atoms with Crippen LogP contribution >= 0.6 is 0 Å². The maximum absolute atomic E-state index is 12.8. The number of halogens is 3. The van der Waals surface area contributed by atoms with Gasteiger partial charge in [0.15, 0.2) is 0 Å². The van der Waals surface area contributed by atoms with Crippen LogP contribution in [0.15, 0.2) is 53.4 Å². The summed E-state index contributed by atoms with van der Waals surface area (Å²) in [5.74, 6) is 0. The molecule has 2 aromatic carbocycles. The van der Waals surface area contributed by atoms with Crippen molar-refractivity contribution in [3.8, 4) is 0 Å². The molecule has 9 heteroatoms. The minimum Gasteiger partial charge on any atom is -0.369 e. The van der Waals surface area contributed by atoms with E-state index in [2.05, 4.69) is 9.80 Å². The molecular weight excluding hydrogens is 379 g/mol. The molecule has 0 atom stereocenters. The van der Waals surface area contributed by atoms with Gasteiger partial charge in [0.25, 0.3) is 0 Å². The van der Waals surface area contributed by atoms with Gasteiger partial charge in [0.05, 0.1) is 10.5 Å². The van der Waals surface area contributed by atoms with Crippen LogP contribution in [0.5, 0.6) is 0 Å². The van der Waals surface area contributed by atoms with E-state index >= 15 is 0 Å². The molecule has 0 bridgehead atoms. The maximum Gasteiger partial charge on any atom is 0.416 e. The third kappa shape index (κ3) is 5.00. The van der Waals surface area contributed by atoms with E-state index in [4.69, 9.17) is 5.14 Å². The van der Waals surface area contributed by atoms with Gasteiger partial charge < -0.3 is 4.90 Å². The lowest BCUT2D eigenvalue weighted by Gasteiger charge is -2.36. The molecule has 0 amide bonds. The van der Waals surface area contributed by atoms with Crippen molar-refractivity contribution < 1.29 is 21.6 Å². The number of alkyl halides is 3. The van der Waals surface area contributed by atoms with E-state index in [0.717, 1.165) is 11.8 Å². The second kappa shape index (κ2) is 7.49. The highest BCUT2D eigenvalue weighted by Crippen LogP contribution is 2.30. The Morgan fingerprint density at radius 2 is 1.59 bits per heavy atom. The average Bonchev–Trinajstić information content (AvgIpc) is 2.61. The van der Waals surface area contributed by atoms with Crippen molar-refractivity contribution in [2.24, 2.45) is 5.14 Å². The van der Waals surface area contributed by atoms with Gasteiger partial charge in [-0.15, -0.1) is 0 Å². The molecule has 1 aliphatic heterocycles. The first-order chi connectivity index (χ1) is 12.6. The fourth-order valence-electron chi connectivity index (χ4n) is 3.12. The highest BCUT2D eigenvalue weighted by Gasteiger charge is 2.30. The smallest absolute Gasteiger partial charge is 0.369 e. The Labute approximate surface area is 156 Å². The first-order valence-corrected chi connectivity index (χ1v) is 9.94. The fraction of sp³-hybridized carbons (Fsp3) is 0.333. The van der Waals surface area contributed by atoms with Gasteiger partial charge in [-0.25, -0.2) is 13.6 Å². The molecule has 1 heterocycles. The molecule has 0 aromatic heterocycles. The second-order valence-electron chi connectivity index (χ2n) is 6.50. The lowest BCUT2D eigenvalue weighted by Crippen LogP contribution is -2.46. The second-order valence-corrected chi connectivity index (χ2v) is 8.06. The Morgan fingerprint density at radius 3 is 2.15 bits per heavy atom. The summed E-state index contributed by atoms with van der Waals surface area (Å²) in [7, 11) is -3.71. The van der Waals surface area contributed by atoms with Crippen LogP contribution in [0.2, 0.25) is 0 Å². The van der Waals surface area contributed by atoms with Crippen molar-refractivity contribution >= 4 is 15.7 Å². The highest BCUT2D eigenvalue weighted by molar-refractivity contribution is 7.89. The average molecular weight is 399 g/mol. The molecule has 0 saturated carbocycles. The zero-order chi connectivity index (χ0) is 19.7. The van der Waals surface area contributed by atoms with Crippen molar-refractivity contribution in [1.82, 2.24) is 4.90 Å². The third-order valence-corrected chi connectivity index (χ3v) is 5.49. The number of primary sulfonamides is 1. The van der Waals surface area contributed by atoms with Crippen molar-refractivity contribution in [2.45, 2.75) is 17.6 Å². The summed E-state index contributed by atoms with van der Waals surface area (Å²) in [5.41, 5.74) is 0.894. The molecule has 0 aliphatic carbocycles. The minimum absolute atomic E-state index is 0.0643. The standard InChI is InChI=1S/C18H20F3N3O2S/c19-18(20,21)15-3-1-2-14(12-15)13-23-8-10-24(11-9-23)16-4-6-17(7-5-16)27(22,25)26/h1-7,12H,8-11,13H2,(H2,22,25,26). The quantitative estimate of drug-likeness (QED) is 0.859. The Hall–Kier alpha value is -2.10. The van der Waals surface area contributed by atoms with Crippen LogP contribution in [0.25, 0.3) is 0 Å². The van der Waals surface area contributed by atoms with Crippen LogP contribution < -0.4 is 10.0 Å². The number of piperazine rings is 1. The molecule has 0 radical (unpaired) electrons. The molecule has 2 N–H and O–H groups in total. The van der Waals surface area contributed by atoms with Crippen LogP contribution in [0.4, 0.5) is 18.9 Å². The largest absolute Gasteiger partial charge is 0.416 e. The first-order valence-electron chi connectivity index (χ1n) is 8.39. The van der Waals surface area contributed by atoms with E-state index in [1.807, 2.05) is 0 Å². The van der Waals surface area contributed by atoms with Crippen molar-refractivity contribution in [1.29, 1.82) is 0 Å². The fourth-order valence-corrected chi connectivity index (χ4v) is 3.63. The highest BCUT2D eigenvalue weighted by atomic mass is 32.2. The molecular formula is C18H20F3N3O2S. The van der Waals surface area contributed by atoms with Gasteiger partial charge in [0.2, 0.25) is 10.0 Å². The molecule has 1 fully saturated rings. The van der Waals surface area contributed by atoms with Crippen LogP contribution in [-0.4, -0.2) is 39.5 Å². The number of nitrogens with two attached hydrogens (primary N) is 1. The number of nitrogens with zero attached hydrogens (tertiary/aromatic N) is 2. The topological polar surface area (TPSA) is 66.6 Å². The van der Waals surface area contributed by atoms with Crippen LogP contribution in [-0.2, 0) is 22.7 Å². The van der Waals surface area contributed by atoms with E-state index in [1.165, 1.54) is 24.3 Å². The van der Waals surface area contributed by atoms with Crippen LogP contribution in [0.1, 0.15) is 11.1 Å². The zero-order valence-electron chi connectivity index (χ0n) is 14.5. The van der Waals surface area contributed by atoms with Crippen molar-refractivity contribution in [3.63, 3.8) is 0 Å². The summed E-state index contributed by atoms with van der Waals surface area (Å²) in [5, 5.41) is 5.10. The Kier molecular flexibility index (Phi) is 5.45. The summed E-state index contributed by atoms with van der Waals surface area (Å²) in [6.45, 7) is 3.27. The molecule has 5 nitrogen and oxygen atoms in total.